The molecule has 0 spiro atoms. The predicted molar refractivity (Wildman–Crippen MR) is 76.6 cm³/mol. The van der Waals surface area contributed by atoms with Crippen LogP contribution < -0.4 is 15.0 Å². The molecule has 22 heavy (non-hydrogen) atoms. The molecule has 0 amide bonds. The van der Waals surface area contributed by atoms with Gasteiger partial charge in [-0.2, -0.15) is 10.4 Å². The topological polar surface area (TPSA) is 81.6 Å². The molecule has 3 heterocycles. The van der Waals surface area contributed by atoms with E-state index in [2.05, 4.69) is 5.10 Å². The lowest BCUT2D eigenvalue weighted by atomic mass is 10.1. The van der Waals surface area contributed by atoms with Gasteiger partial charge in [0.2, 0.25) is 6.79 Å². The van der Waals surface area contributed by atoms with Gasteiger partial charge < -0.3 is 9.47 Å². The van der Waals surface area contributed by atoms with Gasteiger partial charge in [0.1, 0.15) is 12.1 Å². The smallest absolute Gasteiger partial charge is 0.277 e. The van der Waals surface area contributed by atoms with Gasteiger partial charge in [0, 0.05) is 18.0 Å². The SMILES string of the molecule is N#CCn1ccn2nc(-c3ccc4c(c3)OCO4)cc2c1=O. The molecule has 0 aliphatic carbocycles. The third-order valence-electron chi connectivity index (χ3n) is 3.51. The first-order valence-corrected chi connectivity index (χ1v) is 6.62. The van der Waals surface area contributed by atoms with Crippen LogP contribution in [0.3, 0.4) is 0 Å². The van der Waals surface area contributed by atoms with E-state index in [0.717, 1.165) is 5.56 Å². The minimum atomic E-state index is -0.247. The molecule has 3 aromatic rings. The van der Waals surface area contributed by atoms with E-state index in [1.165, 1.54) is 9.08 Å². The molecular weight excluding hydrogens is 284 g/mol. The van der Waals surface area contributed by atoms with Crippen molar-refractivity contribution in [2.45, 2.75) is 6.54 Å². The van der Waals surface area contributed by atoms with Crippen molar-refractivity contribution in [2.75, 3.05) is 6.79 Å². The Morgan fingerprint density at radius 1 is 1.23 bits per heavy atom. The van der Waals surface area contributed by atoms with Crippen LogP contribution in [0.25, 0.3) is 16.8 Å². The number of hydrogen-bond acceptors (Lipinski definition) is 5. The van der Waals surface area contributed by atoms with Crippen molar-refractivity contribution in [1.82, 2.24) is 14.2 Å². The van der Waals surface area contributed by atoms with Crippen LogP contribution in [0.4, 0.5) is 0 Å². The summed E-state index contributed by atoms with van der Waals surface area (Å²) < 4.78 is 13.5. The first kappa shape index (κ1) is 12.5. The molecule has 7 nitrogen and oxygen atoms in total. The standard InChI is InChI=1S/C15H10N4O3/c16-3-4-18-5-6-19-12(15(18)20)8-11(17-19)10-1-2-13-14(7-10)22-9-21-13/h1-2,5-8H,4,9H2. The fourth-order valence-corrected chi connectivity index (χ4v) is 2.42. The minimum absolute atomic E-state index is 0.0138. The Hall–Kier alpha value is -3.27. The molecule has 108 valence electrons. The fourth-order valence-electron chi connectivity index (χ4n) is 2.42. The van der Waals surface area contributed by atoms with Crippen molar-refractivity contribution in [2.24, 2.45) is 0 Å². The van der Waals surface area contributed by atoms with Gasteiger partial charge in [0.15, 0.2) is 11.5 Å². The monoisotopic (exact) mass is 294 g/mol. The van der Waals surface area contributed by atoms with Crippen LogP contribution in [0.5, 0.6) is 11.5 Å². The van der Waals surface area contributed by atoms with E-state index in [4.69, 9.17) is 14.7 Å². The zero-order chi connectivity index (χ0) is 15.1. The van der Waals surface area contributed by atoms with Crippen molar-refractivity contribution in [3.63, 3.8) is 0 Å². The molecule has 7 heteroatoms. The van der Waals surface area contributed by atoms with E-state index in [1.807, 2.05) is 24.3 Å². The molecule has 0 unspecified atom stereocenters. The van der Waals surface area contributed by atoms with Crippen LogP contribution in [0.15, 0.2) is 41.5 Å². The lowest BCUT2D eigenvalue weighted by molar-refractivity contribution is 0.174. The molecule has 0 fully saturated rings. The Morgan fingerprint density at radius 2 is 2.09 bits per heavy atom. The van der Waals surface area contributed by atoms with E-state index >= 15 is 0 Å². The van der Waals surface area contributed by atoms with Gasteiger partial charge in [-0.25, -0.2) is 4.52 Å². The van der Waals surface area contributed by atoms with Gasteiger partial charge in [-0.15, -0.1) is 0 Å². The first-order chi connectivity index (χ1) is 10.8. The molecule has 0 N–H and O–H groups in total. The molecule has 0 bridgehead atoms. The highest BCUT2D eigenvalue weighted by Crippen LogP contribution is 2.35. The number of rotatable bonds is 2. The van der Waals surface area contributed by atoms with Gasteiger partial charge in [-0.1, -0.05) is 0 Å². The van der Waals surface area contributed by atoms with E-state index in [9.17, 15) is 4.79 Å². The Kier molecular flexibility index (Phi) is 2.63. The van der Waals surface area contributed by atoms with Gasteiger partial charge in [-0.3, -0.25) is 9.36 Å². The summed E-state index contributed by atoms with van der Waals surface area (Å²) in [6.07, 6.45) is 3.21. The summed E-state index contributed by atoms with van der Waals surface area (Å²) in [5.74, 6) is 1.36. The maximum atomic E-state index is 12.3. The van der Waals surface area contributed by atoms with Crippen molar-refractivity contribution >= 4 is 5.52 Å². The summed E-state index contributed by atoms with van der Waals surface area (Å²) in [5.41, 5.74) is 1.67. The highest BCUT2D eigenvalue weighted by molar-refractivity contribution is 5.68. The third-order valence-corrected chi connectivity index (χ3v) is 3.51. The Labute approximate surface area is 124 Å². The minimum Gasteiger partial charge on any atom is -0.454 e. The van der Waals surface area contributed by atoms with Gasteiger partial charge >= 0.3 is 0 Å². The number of nitriles is 1. The highest BCUT2D eigenvalue weighted by atomic mass is 16.7. The summed E-state index contributed by atoms with van der Waals surface area (Å²) in [4.78, 5) is 12.3. The maximum Gasteiger partial charge on any atom is 0.277 e. The van der Waals surface area contributed by atoms with Crippen LogP contribution in [0.2, 0.25) is 0 Å². The average molecular weight is 294 g/mol. The van der Waals surface area contributed by atoms with Gasteiger partial charge in [-0.05, 0) is 24.3 Å². The number of fused-ring (bicyclic) bond motifs is 2. The zero-order valence-corrected chi connectivity index (χ0v) is 11.4. The van der Waals surface area contributed by atoms with Crippen molar-refractivity contribution in [1.29, 1.82) is 5.26 Å². The molecule has 1 aromatic carbocycles. The van der Waals surface area contributed by atoms with Crippen LogP contribution in [0, 0.1) is 11.3 Å². The summed E-state index contributed by atoms with van der Waals surface area (Å²) in [7, 11) is 0. The molecule has 0 atom stereocenters. The lowest BCUT2D eigenvalue weighted by Crippen LogP contribution is -2.20. The number of benzene rings is 1. The Balaban J connectivity index is 1.85. The highest BCUT2D eigenvalue weighted by Gasteiger charge is 2.16. The molecule has 1 aliphatic rings. The number of aromatic nitrogens is 3. The molecule has 1 aliphatic heterocycles. The third kappa shape index (κ3) is 1.82. The summed E-state index contributed by atoms with van der Waals surface area (Å²) in [5, 5.41) is 13.1. The first-order valence-electron chi connectivity index (χ1n) is 6.62. The average Bonchev–Trinajstić information content (AvgIpc) is 3.16. The molecule has 0 radical (unpaired) electrons. The van der Waals surface area contributed by atoms with Crippen molar-refractivity contribution in [3.8, 4) is 28.8 Å². The van der Waals surface area contributed by atoms with Gasteiger partial charge in [0.25, 0.3) is 5.56 Å². The van der Waals surface area contributed by atoms with Gasteiger partial charge in [0.05, 0.1) is 11.8 Å². The Bertz CT molecular complexity index is 981. The predicted octanol–water partition coefficient (Wildman–Crippen LogP) is 1.42. The second kappa shape index (κ2) is 4.63. The van der Waals surface area contributed by atoms with Crippen LogP contribution >= 0.6 is 0 Å². The van der Waals surface area contributed by atoms with Crippen molar-refractivity contribution < 1.29 is 9.47 Å². The molecule has 2 aromatic heterocycles. The molecule has 4 rings (SSSR count). The Morgan fingerprint density at radius 3 is 2.95 bits per heavy atom. The maximum absolute atomic E-state index is 12.3. The van der Waals surface area contributed by atoms with E-state index in [-0.39, 0.29) is 18.9 Å². The summed E-state index contributed by atoms with van der Waals surface area (Å²) in [6, 6.07) is 9.17. The summed E-state index contributed by atoms with van der Waals surface area (Å²) in [6.45, 7) is 0.225. The number of nitrogens with zero attached hydrogens (tertiary/aromatic N) is 4. The lowest BCUT2D eigenvalue weighted by Gasteiger charge is -1.99. The normalized spacial score (nSPS) is 12.5. The zero-order valence-electron chi connectivity index (χ0n) is 11.4. The number of ether oxygens (including phenoxy) is 2. The number of hydrogen-bond donors (Lipinski definition) is 0. The van der Waals surface area contributed by atoms with Crippen LogP contribution in [-0.2, 0) is 6.54 Å². The second-order valence-corrected chi connectivity index (χ2v) is 4.82. The summed E-state index contributed by atoms with van der Waals surface area (Å²) >= 11 is 0. The van der Waals surface area contributed by atoms with Crippen LogP contribution in [-0.4, -0.2) is 21.0 Å². The molecular formula is C15H10N4O3. The van der Waals surface area contributed by atoms with Crippen molar-refractivity contribution in [3.05, 3.63) is 47.0 Å². The quantitative estimate of drug-likeness (QED) is 0.714. The van der Waals surface area contributed by atoms with E-state index in [1.54, 1.807) is 18.5 Å². The largest absolute Gasteiger partial charge is 0.454 e. The van der Waals surface area contributed by atoms with Crippen LogP contribution in [0.1, 0.15) is 0 Å². The molecule has 0 saturated heterocycles. The van der Waals surface area contributed by atoms with E-state index < -0.39 is 0 Å². The van der Waals surface area contributed by atoms with E-state index in [0.29, 0.717) is 22.7 Å². The second-order valence-electron chi connectivity index (χ2n) is 4.82. The molecule has 0 saturated carbocycles. The fraction of sp³-hybridized carbons (Fsp3) is 0.133.